The van der Waals surface area contributed by atoms with E-state index >= 15 is 0 Å². The summed E-state index contributed by atoms with van der Waals surface area (Å²) >= 11 is 5.92. The van der Waals surface area contributed by atoms with E-state index < -0.39 is 0 Å². The van der Waals surface area contributed by atoms with Crippen LogP contribution in [0, 0.1) is 5.82 Å². The molecule has 1 unspecified atom stereocenters. The SMILES string of the molecule is CN=C(NCc1ccc(F)c(COC)c1)NC(C)c1ccc(Cl)cc1.I. The van der Waals surface area contributed by atoms with E-state index in [1.165, 1.54) is 6.07 Å². The molecule has 2 aromatic carbocycles. The molecule has 4 nitrogen and oxygen atoms in total. The Kier molecular flexibility index (Phi) is 9.90. The summed E-state index contributed by atoms with van der Waals surface area (Å²) in [6, 6.07) is 12.7. The van der Waals surface area contributed by atoms with E-state index in [-0.39, 0.29) is 42.4 Å². The Hall–Kier alpha value is -1.38. The monoisotopic (exact) mass is 491 g/mol. The highest BCUT2D eigenvalue weighted by Gasteiger charge is 2.08. The number of nitrogens with zero attached hydrogens (tertiary/aromatic N) is 1. The summed E-state index contributed by atoms with van der Waals surface area (Å²) in [5.74, 6) is 0.407. The van der Waals surface area contributed by atoms with Crippen LogP contribution in [0.3, 0.4) is 0 Å². The molecule has 142 valence electrons. The maximum atomic E-state index is 13.7. The normalized spacial score (nSPS) is 12.3. The summed E-state index contributed by atoms with van der Waals surface area (Å²) in [6.45, 7) is 2.83. The van der Waals surface area contributed by atoms with Crippen LogP contribution in [-0.2, 0) is 17.9 Å². The maximum absolute atomic E-state index is 13.7. The van der Waals surface area contributed by atoms with Gasteiger partial charge in [-0.25, -0.2) is 4.39 Å². The highest BCUT2D eigenvalue weighted by Crippen LogP contribution is 2.16. The van der Waals surface area contributed by atoms with Gasteiger partial charge in [-0.3, -0.25) is 4.99 Å². The number of methoxy groups -OCH3 is 1. The summed E-state index contributed by atoms with van der Waals surface area (Å²) in [6.07, 6.45) is 0. The zero-order valence-electron chi connectivity index (χ0n) is 15.1. The number of ether oxygens (including phenoxy) is 1. The molecule has 0 heterocycles. The van der Waals surface area contributed by atoms with E-state index in [1.807, 2.05) is 31.2 Å². The summed E-state index contributed by atoms with van der Waals surface area (Å²) < 4.78 is 18.7. The zero-order valence-corrected chi connectivity index (χ0v) is 18.1. The lowest BCUT2D eigenvalue weighted by atomic mass is 10.1. The quantitative estimate of drug-likeness (QED) is 0.351. The molecule has 0 radical (unpaired) electrons. The van der Waals surface area contributed by atoms with Crippen LogP contribution >= 0.6 is 35.6 Å². The lowest BCUT2D eigenvalue weighted by molar-refractivity contribution is 0.181. The number of guanidine groups is 1. The number of rotatable bonds is 6. The van der Waals surface area contributed by atoms with Crippen LogP contribution in [0.2, 0.25) is 5.02 Å². The predicted molar refractivity (Wildman–Crippen MR) is 116 cm³/mol. The van der Waals surface area contributed by atoms with Crippen molar-refractivity contribution in [2.24, 2.45) is 4.99 Å². The molecule has 0 bridgehead atoms. The third-order valence-corrected chi connectivity index (χ3v) is 4.07. The van der Waals surface area contributed by atoms with E-state index in [0.717, 1.165) is 11.1 Å². The van der Waals surface area contributed by atoms with Gasteiger partial charge in [-0.1, -0.05) is 29.8 Å². The summed E-state index contributed by atoms with van der Waals surface area (Å²) in [4.78, 5) is 4.23. The van der Waals surface area contributed by atoms with Gasteiger partial charge in [-0.05, 0) is 42.3 Å². The van der Waals surface area contributed by atoms with Crippen LogP contribution in [0.5, 0.6) is 0 Å². The van der Waals surface area contributed by atoms with Gasteiger partial charge in [0, 0.05) is 31.3 Å². The zero-order chi connectivity index (χ0) is 18.2. The summed E-state index contributed by atoms with van der Waals surface area (Å²) in [5, 5.41) is 7.27. The Bertz CT molecular complexity index is 725. The average Bonchev–Trinajstić information content (AvgIpc) is 2.61. The average molecular weight is 492 g/mol. The molecule has 0 aromatic heterocycles. The van der Waals surface area contributed by atoms with Crippen molar-refractivity contribution in [1.82, 2.24) is 10.6 Å². The second kappa shape index (κ2) is 11.4. The first kappa shape index (κ1) is 22.7. The molecule has 0 aliphatic rings. The fourth-order valence-electron chi connectivity index (χ4n) is 2.42. The number of hydrogen-bond donors (Lipinski definition) is 2. The molecule has 2 aromatic rings. The first-order valence-corrected chi connectivity index (χ1v) is 8.40. The Morgan fingerprint density at radius 3 is 2.54 bits per heavy atom. The molecule has 0 amide bonds. The highest BCUT2D eigenvalue weighted by molar-refractivity contribution is 14.0. The van der Waals surface area contributed by atoms with Crippen molar-refractivity contribution in [2.45, 2.75) is 26.1 Å². The molecule has 0 aliphatic heterocycles. The van der Waals surface area contributed by atoms with Crippen molar-refractivity contribution in [2.75, 3.05) is 14.2 Å². The molecule has 0 saturated carbocycles. The van der Waals surface area contributed by atoms with Crippen molar-refractivity contribution in [1.29, 1.82) is 0 Å². The van der Waals surface area contributed by atoms with Gasteiger partial charge >= 0.3 is 0 Å². The Balaban J connectivity index is 0.00000338. The number of nitrogens with one attached hydrogen (secondary N) is 2. The molecule has 26 heavy (non-hydrogen) atoms. The molecule has 2 rings (SSSR count). The van der Waals surface area contributed by atoms with Gasteiger partial charge in [0.1, 0.15) is 5.82 Å². The molecule has 1 atom stereocenters. The minimum Gasteiger partial charge on any atom is -0.380 e. The molecule has 7 heteroatoms. The van der Waals surface area contributed by atoms with Gasteiger partial charge in [-0.15, -0.1) is 24.0 Å². The Morgan fingerprint density at radius 1 is 1.23 bits per heavy atom. The standard InChI is InChI=1S/C19H23ClFN3O.HI/c1-13(15-5-7-17(20)8-6-15)24-19(22-2)23-11-14-4-9-18(21)16(10-14)12-25-3;/h4-10,13H,11-12H2,1-3H3,(H2,22,23,24);1H. The lowest BCUT2D eigenvalue weighted by Crippen LogP contribution is -2.38. The van der Waals surface area contributed by atoms with Crippen molar-refractivity contribution in [3.05, 3.63) is 70.0 Å². The molecule has 2 N–H and O–H groups in total. The second-order valence-electron chi connectivity index (χ2n) is 5.70. The Morgan fingerprint density at radius 2 is 1.92 bits per heavy atom. The smallest absolute Gasteiger partial charge is 0.191 e. The van der Waals surface area contributed by atoms with Gasteiger partial charge in [0.05, 0.1) is 12.6 Å². The van der Waals surface area contributed by atoms with Gasteiger partial charge in [0.25, 0.3) is 0 Å². The first-order chi connectivity index (χ1) is 12.0. The van der Waals surface area contributed by atoms with E-state index in [4.69, 9.17) is 16.3 Å². The fraction of sp³-hybridized carbons (Fsp3) is 0.316. The van der Waals surface area contributed by atoms with Crippen molar-refractivity contribution >= 4 is 41.5 Å². The molecule has 0 fully saturated rings. The third kappa shape index (κ3) is 6.74. The van der Waals surface area contributed by atoms with Crippen molar-refractivity contribution < 1.29 is 9.13 Å². The van der Waals surface area contributed by atoms with Crippen LogP contribution in [0.25, 0.3) is 0 Å². The molecule has 0 spiro atoms. The van der Waals surface area contributed by atoms with Crippen molar-refractivity contribution in [3.8, 4) is 0 Å². The summed E-state index contributed by atoms with van der Waals surface area (Å²) in [7, 11) is 3.26. The number of hydrogen-bond acceptors (Lipinski definition) is 2. The summed E-state index contributed by atoms with van der Waals surface area (Å²) in [5.41, 5.74) is 2.60. The maximum Gasteiger partial charge on any atom is 0.191 e. The molecule has 0 saturated heterocycles. The van der Waals surface area contributed by atoms with Gasteiger partial charge in [0.2, 0.25) is 0 Å². The third-order valence-electron chi connectivity index (χ3n) is 3.82. The minimum absolute atomic E-state index is 0. The molecule has 0 aliphatic carbocycles. The van der Waals surface area contributed by atoms with Crippen LogP contribution < -0.4 is 10.6 Å². The highest BCUT2D eigenvalue weighted by atomic mass is 127. The first-order valence-electron chi connectivity index (χ1n) is 8.02. The lowest BCUT2D eigenvalue weighted by Gasteiger charge is -2.18. The van der Waals surface area contributed by atoms with E-state index in [1.54, 1.807) is 26.3 Å². The fourth-order valence-corrected chi connectivity index (χ4v) is 2.55. The Labute approximate surface area is 176 Å². The topological polar surface area (TPSA) is 45.7 Å². The van der Waals surface area contributed by atoms with Gasteiger partial charge < -0.3 is 15.4 Å². The predicted octanol–water partition coefficient (Wildman–Crippen LogP) is 4.67. The largest absolute Gasteiger partial charge is 0.380 e. The second-order valence-corrected chi connectivity index (χ2v) is 6.14. The molecular formula is C19H24ClFIN3O. The van der Waals surface area contributed by atoms with Crippen molar-refractivity contribution in [3.63, 3.8) is 0 Å². The number of aliphatic imine (C=N–C) groups is 1. The van der Waals surface area contributed by atoms with Crippen LogP contribution in [0.1, 0.15) is 29.7 Å². The molecular weight excluding hydrogens is 468 g/mol. The van der Waals surface area contributed by atoms with E-state index in [2.05, 4.69) is 15.6 Å². The number of halogens is 3. The van der Waals surface area contributed by atoms with Crippen LogP contribution in [0.4, 0.5) is 4.39 Å². The number of benzene rings is 2. The van der Waals surface area contributed by atoms with Crippen LogP contribution in [0.15, 0.2) is 47.5 Å². The van der Waals surface area contributed by atoms with Crippen LogP contribution in [-0.4, -0.2) is 20.1 Å². The van der Waals surface area contributed by atoms with Gasteiger partial charge in [0.15, 0.2) is 5.96 Å². The van der Waals surface area contributed by atoms with Gasteiger partial charge in [-0.2, -0.15) is 0 Å². The van der Waals surface area contributed by atoms with E-state index in [0.29, 0.717) is 23.1 Å². The van der Waals surface area contributed by atoms with E-state index in [9.17, 15) is 4.39 Å². The minimum atomic E-state index is -0.260.